The Labute approximate surface area is 105 Å². The standard InChI is InChI=1S/C13H26N4/c1-4-12(3)11-13(5-2)14-7-6-9-17-10-8-15-16-17/h8,10,12-14H,4-7,9,11H2,1-3H3. The molecule has 0 spiro atoms. The van der Waals surface area contributed by atoms with Crippen LogP contribution >= 0.6 is 0 Å². The lowest BCUT2D eigenvalue weighted by Crippen LogP contribution is -2.31. The van der Waals surface area contributed by atoms with Gasteiger partial charge in [-0.25, -0.2) is 0 Å². The van der Waals surface area contributed by atoms with E-state index in [1.54, 1.807) is 6.20 Å². The summed E-state index contributed by atoms with van der Waals surface area (Å²) in [6.07, 6.45) is 8.53. The minimum Gasteiger partial charge on any atom is -0.314 e. The van der Waals surface area contributed by atoms with Gasteiger partial charge in [0.1, 0.15) is 0 Å². The molecule has 2 unspecified atom stereocenters. The van der Waals surface area contributed by atoms with E-state index in [4.69, 9.17) is 0 Å². The molecule has 0 bridgehead atoms. The van der Waals surface area contributed by atoms with Crippen LogP contribution in [-0.4, -0.2) is 27.6 Å². The van der Waals surface area contributed by atoms with Crippen molar-refractivity contribution in [3.63, 3.8) is 0 Å². The first-order valence-corrected chi connectivity index (χ1v) is 6.83. The first kappa shape index (κ1) is 14.2. The van der Waals surface area contributed by atoms with Crippen LogP contribution in [0.15, 0.2) is 12.4 Å². The molecule has 0 fully saturated rings. The van der Waals surface area contributed by atoms with Crippen molar-refractivity contribution >= 4 is 0 Å². The smallest absolute Gasteiger partial charge is 0.0692 e. The minimum atomic E-state index is 0.667. The van der Waals surface area contributed by atoms with Crippen molar-refractivity contribution in [2.24, 2.45) is 5.92 Å². The quantitative estimate of drug-likeness (QED) is 0.672. The zero-order valence-corrected chi connectivity index (χ0v) is 11.4. The summed E-state index contributed by atoms with van der Waals surface area (Å²) in [5.41, 5.74) is 0. The van der Waals surface area contributed by atoms with E-state index in [-0.39, 0.29) is 0 Å². The van der Waals surface area contributed by atoms with Gasteiger partial charge in [0.25, 0.3) is 0 Å². The molecule has 1 aromatic rings. The predicted octanol–water partition coefficient (Wildman–Crippen LogP) is 2.47. The second-order valence-electron chi connectivity index (χ2n) is 4.83. The fraction of sp³-hybridized carbons (Fsp3) is 0.846. The molecule has 0 aromatic carbocycles. The van der Waals surface area contributed by atoms with E-state index in [0.717, 1.165) is 25.4 Å². The first-order valence-electron chi connectivity index (χ1n) is 6.83. The SMILES string of the molecule is CCC(C)CC(CC)NCCCn1ccnn1. The number of hydrogen-bond acceptors (Lipinski definition) is 3. The van der Waals surface area contributed by atoms with E-state index < -0.39 is 0 Å². The lowest BCUT2D eigenvalue weighted by Gasteiger charge is -2.20. The Hall–Kier alpha value is -0.900. The summed E-state index contributed by atoms with van der Waals surface area (Å²) in [7, 11) is 0. The Balaban J connectivity index is 2.11. The van der Waals surface area contributed by atoms with E-state index in [0.29, 0.717) is 6.04 Å². The lowest BCUT2D eigenvalue weighted by atomic mass is 9.98. The van der Waals surface area contributed by atoms with Crippen molar-refractivity contribution in [1.82, 2.24) is 20.3 Å². The first-order chi connectivity index (χ1) is 8.26. The molecule has 2 atom stereocenters. The molecule has 0 amide bonds. The Morgan fingerprint density at radius 3 is 2.71 bits per heavy atom. The zero-order valence-electron chi connectivity index (χ0n) is 11.4. The molecule has 1 rings (SSSR count). The third-order valence-corrected chi connectivity index (χ3v) is 3.35. The molecule has 1 N–H and O–H groups in total. The fourth-order valence-electron chi connectivity index (χ4n) is 1.95. The second kappa shape index (κ2) is 8.23. The van der Waals surface area contributed by atoms with Crippen molar-refractivity contribution in [1.29, 1.82) is 0 Å². The molecule has 1 aromatic heterocycles. The van der Waals surface area contributed by atoms with Crippen LogP contribution in [0.5, 0.6) is 0 Å². The average molecular weight is 238 g/mol. The highest BCUT2D eigenvalue weighted by molar-refractivity contribution is 4.69. The van der Waals surface area contributed by atoms with Crippen LogP contribution in [0.4, 0.5) is 0 Å². The Morgan fingerprint density at radius 2 is 2.12 bits per heavy atom. The molecule has 4 nitrogen and oxygen atoms in total. The monoisotopic (exact) mass is 238 g/mol. The van der Waals surface area contributed by atoms with Crippen molar-refractivity contribution in [3.05, 3.63) is 12.4 Å². The van der Waals surface area contributed by atoms with Gasteiger partial charge in [-0.15, -0.1) is 5.10 Å². The molecule has 17 heavy (non-hydrogen) atoms. The number of nitrogens with zero attached hydrogens (tertiary/aromatic N) is 3. The van der Waals surface area contributed by atoms with E-state index in [2.05, 4.69) is 36.4 Å². The normalized spacial score (nSPS) is 14.8. The van der Waals surface area contributed by atoms with Gasteiger partial charge in [-0.05, 0) is 31.7 Å². The van der Waals surface area contributed by atoms with Crippen LogP contribution in [0.3, 0.4) is 0 Å². The molecular formula is C13H26N4. The molecule has 0 aliphatic rings. The lowest BCUT2D eigenvalue weighted by molar-refractivity contribution is 0.378. The van der Waals surface area contributed by atoms with E-state index >= 15 is 0 Å². The van der Waals surface area contributed by atoms with Crippen LogP contribution in [0, 0.1) is 5.92 Å². The Kier molecular flexibility index (Phi) is 6.86. The van der Waals surface area contributed by atoms with Crippen LogP contribution in [0.2, 0.25) is 0 Å². The summed E-state index contributed by atoms with van der Waals surface area (Å²) in [5.74, 6) is 0.822. The summed E-state index contributed by atoms with van der Waals surface area (Å²) in [6, 6.07) is 0.667. The van der Waals surface area contributed by atoms with E-state index in [1.165, 1.54) is 19.3 Å². The highest BCUT2D eigenvalue weighted by Gasteiger charge is 2.09. The van der Waals surface area contributed by atoms with E-state index in [9.17, 15) is 0 Å². The topological polar surface area (TPSA) is 42.7 Å². The summed E-state index contributed by atoms with van der Waals surface area (Å²) in [6.45, 7) is 8.88. The van der Waals surface area contributed by atoms with Gasteiger partial charge in [-0.3, -0.25) is 4.68 Å². The highest BCUT2D eigenvalue weighted by Crippen LogP contribution is 2.11. The van der Waals surface area contributed by atoms with Gasteiger partial charge in [0.05, 0.1) is 6.20 Å². The molecule has 0 aliphatic heterocycles. The van der Waals surface area contributed by atoms with Gasteiger partial charge in [0.2, 0.25) is 0 Å². The van der Waals surface area contributed by atoms with Crippen LogP contribution in [0.1, 0.15) is 46.5 Å². The van der Waals surface area contributed by atoms with Gasteiger partial charge in [0.15, 0.2) is 0 Å². The van der Waals surface area contributed by atoms with Gasteiger partial charge < -0.3 is 5.32 Å². The summed E-state index contributed by atoms with van der Waals surface area (Å²) >= 11 is 0. The molecule has 1 heterocycles. The van der Waals surface area contributed by atoms with Crippen molar-refractivity contribution in [3.8, 4) is 0 Å². The molecule has 0 radical (unpaired) electrons. The molecule has 0 saturated heterocycles. The number of hydrogen-bond donors (Lipinski definition) is 1. The number of aryl methyl sites for hydroxylation is 1. The van der Waals surface area contributed by atoms with Crippen LogP contribution in [-0.2, 0) is 6.54 Å². The third-order valence-electron chi connectivity index (χ3n) is 3.35. The van der Waals surface area contributed by atoms with Crippen molar-refractivity contribution in [2.45, 2.75) is 59.0 Å². The Morgan fingerprint density at radius 1 is 1.29 bits per heavy atom. The summed E-state index contributed by atoms with van der Waals surface area (Å²) in [4.78, 5) is 0. The molecule has 98 valence electrons. The third kappa shape index (κ3) is 5.82. The summed E-state index contributed by atoms with van der Waals surface area (Å²) < 4.78 is 1.89. The predicted molar refractivity (Wildman–Crippen MR) is 70.8 cm³/mol. The van der Waals surface area contributed by atoms with Gasteiger partial charge in [-0.1, -0.05) is 32.4 Å². The van der Waals surface area contributed by atoms with Crippen LogP contribution in [0.25, 0.3) is 0 Å². The van der Waals surface area contributed by atoms with Gasteiger partial charge in [0, 0.05) is 18.8 Å². The van der Waals surface area contributed by atoms with Gasteiger partial charge >= 0.3 is 0 Å². The highest BCUT2D eigenvalue weighted by atomic mass is 15.4. The zero-order chi connectivity index (χ0) is 12.5. The number of rotatable bonds is 9. The maximum atomic E-state index is 3.95. The molecule has 0 aliphatic carbocycles. The minimum absolute atomic E-state index is 0.667. The maximum Gasteiger partial charge on any atom is 0.0692 e. The molecule has 4 heteroatoms. The summed E-state index contributed by atoms with van der Waals surface area (Å²) in [5, 5.41) is 11.4. The molecular weight excluding hydrogens is 212 g/mol. The van der Waals surface area contributed by atoms with Gasteiger partial charge in [-0.2, -0.15) is 0 Å². The largest absolute Gasteiger partial charge is 0.314 e. The average Bonchev–Trinajstić information content (AvgIpc) is 2.85. The Bertz CT molecular complexity index is 271. The van der Waals surface area contributed by atoms with Crippen molar-refractivity contribution < 1.29 is 0 Å². The number of nitrogens with one attached hydrogen (secondary N) is 1. The van der Waals surface area contributed by atoms with Crippen molar-refractivity contribution in [2.75, 3.05) is 6.54 Å². The maximum absolute atomic E-state index is 3.95. The van der Waals surface area contributed by atoms with Crippen LogP contribution < -0.4 is 5.32 Å². The number of aromatic nitrogens is 3. The van der Waals surface area contributed by atoms with E-state index in [1.807, 2.05) is 10.9 Å². The second-order valence-corrected chi connectivity index (χ2v) is 4.83. The fourth-order valence-corrected chi connectivity index (χ4v) is 1.95. The molecule has 0 saturated carbocycles.